The van der Waals surface area contributed by atoms with E-state index in [4.69, 9.17) is 9.47 Å². The first kappa shape index (κ1) is 30.1. The summed E-state index contributed by atoms with van der Waals surface area (Å²) >= 11 is 9.94. The molecule has 0 aliphatic heterocycles. The van der Waals surface area contributed by atoms with Gasteiger partial charge in [-0.1, -0.05) is 24.3 Å². The van der Waals surface area contributed by atoms with Crippen molar-refractivity contribution in [2.45, 2.75) is 23.7 Å². The highest BCUT2D eigenvalue weighted by molar-refractivity contribution is 14.1. The lowest BCUT2D eigenvalue weighted by molar-refractivity contribution is -0.141. The molecule has 0 aromatic heterocycles. The monoisotopic (exact) mass is 1080 g/mol. The molecule has 13 heteroatoms. The topological polar surface area (TPSA) is 110 Å². The average Bonchev–Trinajstić information content (AvgIpc) is 2.79. The summed E-state index contributed by atoms with van der Waals surface area (Å²) < 4.78 is 49.1. The summed E-state index contributed by atoms with van der Waals surface area (Å²) in [5, 5.41) is 0. The first-order valence-corrected chi connectivity index (χ1v) is 17.3. The molecule has 0 saturated heterocycles. The molecular formula is C24H14I5O7S-. The minimum atomic E-state index is -4.67. The highest BCUT2D eigenvalue weighted by Gasteiger charge is 2.37. The van der Waals surface area contributed by atoms with Crippen LogP contribution in [0.25, 0.3) is 0 Å². The summed E-state index contributed by atoms with van der Waals surface area (Å²) in [7, 11) is -4.67. The van der Waals surface area contributed by atoms with Crippen molar-refractivity contribution in [3.63, 3.8) is 0 Å². The summed E-state index contributed by atoms with van der Waals surface area (Å²) in [4.78, 5) is 26.2. The summed E-state index contributed by atoms with van der Waals surface area (Å²) in [5.74, 6) is -1.66. The fraction of sp³-hybridized carbons (Fsp3) is 0.167. The van der Waals surface area contributed by atoms with Crippen LogP contribution in [0, 0.1) is 23.8 Å². The first-order chi connectivity index (χ1) is 17.3. The Labute approximate surface area is 281 Å². The maximum atomic E-state index is 13.4. The lowest BCUT2D eigenvalue weighted by Gasteiger charge is -2.29. The van der Waals surface area contributed by atoms with Crippen LogP contribution in [0.15, 0.2) is 53.4 Å². The molecule has 3 aromatic carbocycles. The summed E-state index contributed by atoms with van der Waals surface area (Å²) in [6.07, 6.45) is 0.589. The minimum absolute atomic E-state index is 0.132. The number of halogens is 5. The lowest BCUT2D eigenvalue weighted by atomic mass is 9.77. The fourth-order valence-corrected chi connectivity index (χ4v) is 11.8. The fourth-order valence-electron chi connectivity index (χ4n) is 4.06. The van der Waals surface area contributed by atoms with Gasteiger partial charge in [-0.05, 0) is 161 Å². The molecule has 0 N–H and O–H groups in total. The van der Waals surface area contributed by atoms with Crippen molar-refractivity contribution in [1.82, 2.24) is 0 Å². The van der Waals surface area contributed by atoms with Crippen LogP contribution in [0.2, 0.25) is 0 Å². The molecule has 0 spiro atoms. The number of esters is 2. The Morgan fingerprint density at radius 2 is 1.43 bits per heavy atom. The van der Waals surface area contributed by atoms with Gasteiger partial charge in [0, 0.05) is 10.7 Å². The predicted molar refractivity (Wildman–Crippen MR) is 177 cm³/mol. The van der Waals surface area contributed by atoms with Crippen LogP contribution in [0.5, 0.6) is 11.5 Å². The SMILES string of the molecule is O=C(Oc1cc(I)c(S(=O)(=O)[O-])c(I)c1)C1Cc2ccccc2C(C(=O)Oc2c(I)cc(I)cc2I)C1. The van der Waals surface area contributed by atoms with Gasteiger partial charge in [0.15, 0.2) is 5.75 Å². The Kier molecular flexibility index (Phi) is 10.1. The van der Waals surface area contributed by atoms with Gasteiger partial charge in [-0.2, -0.15) is 0 Å². The molecule has 37 heavy (non-hydrogen) atoms. The molecule has 0 heterocycles. The number of carbonyl (C=O) groups is 2. The van der Waals surface area contributed by atoms with Crippen LogP contribution in [0.4, 0.5) is 0 Å². The van der Waals surface area contributed by atoms with Crippen LogP contribution in [0.3, 0.4) is 0 Å². The van der Waals surface area contributed by atoms with Gasteiger partial charge in [0.2, 0.25) is 0 Å². The molecule has 0 radical (unpaired) electrons. The lowest BCUT2D eigenvalue weighted by Crippen LogP contribution is -2.33. The van der Waals surface area contributed by atoms with E-state index in [0.29, 0.717) is 12.2 Å². The second kappa shape index (κ2) is 12.4. The zero-order chi connectivity index (χ0) is 27.1. The van der Waals surface area contributed by atoms with Crippen LogP contribution in [-0.2, 0) is 26.1 Å². The van der Waals surface area contributed by atoms with Crippen LogP contribution < -0.4 is 9.47 Å². The molecule has 1 aliphatic carbocycles. The molecule has 7 nitrogen and oxygen atoms in total. The molecular weight excluding hydrogens is 1070 g/mol. The second-order valence-corrected chi connectivity index (χ2v) is 15.3. The van der Waals surface area contributed by atoms with Crippen LogP contribution >= 0.6 is 113 Å². The number of hydrogen-bond donors (Lipinski definition) is 0. The minimum Gasteiger partial charge on any atom is -0.744 e. The van der Waals surface area contributed by atoms with Crippen LogP contribution in [0.1, 0.15) is 23.5 Å². The Morgan fingerprint density at radius 1 is 0.838 bits per heavy atom. The van der Waals surface area contributed by atoms with Gasteiger partial charge in [0.1, 0.15) is 15.9 Å². The molecule has 4 rings (SSSR count). The van der Waals surface area contributed by atoms with Crippen LogP contribution in [-0.4, -0.2) is 24.9 Å². The maximum absolute atomic E-state index is 13.4. The zero-order valence-corrected chi connectivity index (χ0v) is 29.9. The van der Waals surface area contributed by atoms with Crippen molar-refractivity contribution < 1.29 is 32.0 Å². The van der Waals surface area contributed by atoms with E-state index in [1.54, 1.807) is 45.2 Å². The standard InChI is InChI=1S/C24H15I5O7S/c25-13-7-17(26)21(18(27)8-13)36-24(31)16-6-12(5-11-3-1-2-4-15(11)16)23(30)35-14-9-19(28)22(20(29)10-14)37(32,33)34/h1-4,7-10,12,16H,5-6H2,(H,32,33,34)/p-1. The van der Waals surface area contributed by atoms with Crippen molar-refractivity contribution >= 4 is 135 Å². The molecule has 194 valence electrons. The number of rotatable bonds is 5. The van der Waals surface area contributed by atoms with E-state index in [-0.39, 0.29) is 24.2 Å². The van der Waals surface area contributed by atoms with Gasteiger partial charge < -0.3 is 14.0 Å². The maximum Gasteiger partial charge on any atom is 0.318 e. The third-order valence-electron chi connectivity index (χ3n) is 5.64. The molecule has 0 saturated carbocycles. The first-order valence-electron chi connectivity index (χ1n) is 10.5. The third kappa shape index (κ3) is 7.09. The number of ether oxygens (including phenoxy) is 2. The Morgan fingerprint density at radius 3 is 2.03 bits per heavy atom. The van der Waals surface area contributed by atoms with Gasteiger partial charge >= 0.3 is 11.9 Å². The van der Waals surface area contributed by atoms with E-state index >= 15 is 0 Å². The highest BCUT2D eigenvalue weighted by Crippen LogP contribution is 2.39. The average molecular weight is 1080 g/mol. The van der Waals surface area contributed by atoms with E-state index in [2.05, 4.69) is 67.8 Å². The van der Waals surface area contributed by atoms with Gasteiger partial charge in [-0.25, -0.2) is 8.42 Å². The number of carbonyl (C=O) groups excluding carboxylic acids is 2. The molecule has 1 aliphatic rings. The van der Waals surface area contributed by atoms with Crippen molar-refractivity contribution in [1.29, 1.82) is 0 Å². The number of fused-ring (bicyclic) bond motifs is 1. The summed E-state index contributed by atoms with van der Waals surface area (Å²) in [6.45, 7) is 0. The van der Waals surface area contributed by atoms with E-state index in [1.165, 1.54) is 12.1 Å². The van der Waals surface area contributed by atoms with Crippen molar-refractivity contribution in [3.8, 4) is 11.5 Å². The van der Waals surface area contributed by atoms with E-state index in [0.717, 1.165) is 21.8 Å². The molecule has 0 fully saturated rings. The molecule has 2 atom stereocenters. The van der Waals surface area contributed by atoms with Gasteiger partial charge in [-0.3, -0.25) is 9.59 Å². The Balaban J connectivity index is 1.59. The molecule has 0 amide bonds. The molecule has 3 aromatic rings. The smallest absolute Gasteiger partial charge is 0.318 e. The number of hydrogen-bond acceptors (Lipinski definition) is 7. The predicted octanol–water partition coefficient (Wildman–Crippen LogP) is 6.47. The van der Waals surface area contributed by atoms with E-state index in [9.17, 15) is 22.6 Å². The highest BCUT2D eigenvalue weighted by atomic mass is 127. The second-order valence-electron chi connectivity index (χ2n) is 8.10. The summed E-state index contributed by atoms with van der Waals surface area (Å²) in [6, 6.07) is 14.0. The number of benzene rings is 3. The van der Waals surface area contributed by atoms with Crippen molar-refractivity contribution in [3.05, 3.63) is 77.5 Å². The molecule has 2 unspecified atom stereocenters. The van der Waals surface area contributed by atoms with E-state index in [1.807, 2.05) is 36.4 Å². The van der Waals surface area contributed by atoms with E-state index < -0.39 is 33.9 Å². The molecule has 0 bridgehead atoms. The quantitative estimate of drug-likeness (QED) is 0.125. The normalized spacial score (nSPS) is 17.1. The van der Waals surface area contributed by atoms with Gasteiger partial charge in [0.05, 0.1) is 23.9 Å². The Hall–Kier alpha value is 0.160. The Bertz CT molecular complexity index is 1480. The largest absolute Gasteiger partial charge is 0.744 e. The summed E-state index contributed by atoms with van der Waals surface area (Å²) in [5.41, 5.74) is 1.68. The van der Waals surface area contributed by atoms with Gasteiger partial charge in [-0.15, -0.1) is 0 Å². The zero-order valence-electron chi connectivity index (χ0n) is 18.3. The van der Waals surface area contributed by atoms with Crippen molar-refractivity contribution in [2.24, 2.45) is 5.92 Å². The van der Waals surface area contributed by atoms with Gasteiger partial charge in [0.25, 0.3) is 0 Å². The third-order valence-corrected chi connectivity index (χ3v) is 11.2. The van der Waals surface area contributed by atoms with Crippen molar-refractivity contribution in [2.75, 3.05) is 0 Å².